The molecule has 1 atom stereocenters. The van der Waals surface area contributed by atoms with E-state index in [0.29, 0.717) is 12.1 Å². The molecule has 1 unspecified atom stereocenters. The van der Waals surface area contributed by atoms with Crippen LogP contribution in [0.4, 0.5) is 0 Å². The third-order valence-corrected chi connectivity index (χ3v) is 3.34. The van der Waals surface area contributed by atoms with Gasteiger partial charge in [-0.1, -0.05) is 12.1 Å². The van der Waals surface area contributed by atoms with Gasteiger partial charge >= 0.3 is 0 Å². The summed E-state index contributed by atoms with van der Waals surface area (Å²) in [6.07, 6.45) is 1.04. The van der Waals surface area contributed by atoms with Gasteiger partial charge in [0.05, 0.1) is 25.9 Å². The van der Waals surface area contributed by atoms with E-state index in [4.69, 9.17) is 9.47 Å². The molecule has 0 aromatic heterocycles. The van der Waals surface area contributed by atoms with Crippen molar-refractivity contribution in [3.63, 3.8) is 0 Å². The molecule has 86 valence electrons. The fourth-order valence-corrected chi connectivity index (χ4v) is 2.26. The average Bonchev–Trinajstić information content (AvgIpc) is 2.69. The van der Waals surface area contributed by atoms with Crippen LogP contribution in [0.1, 0.15) is 24.1 Å². The van der Waals surface area contributed by atoms with E-state index in [0.717, 1.165) is 32.0 Å². The van der Waals surface area contributed by atoms with Gasteiger partial charge in [0, 0.05) is 12.5 Å². The van der Waals surface area contributed by atoms with Crippen LogP contribution in [0.2, 0.25) is 0 Å². The monoisotopic (exact) mass is 219 g/mol. The lowest BCUT2D eigenvalue weighted by molar-refractivity contribution is -0.00925. The number of hydrogen-bond acceptors (Lipinski definition) is 3. The number of nitrogens with one attached hydrogen (secondary N) is 1. The lowest BCUT2D eigenvalue weighted by Gasteiger charge is -2.30. The first-order valence-corrected chi connectivity index (χ1v) is 5.92. The van der Waals surface area contributed by atoms with Gasteiger partial charge in [-0.15, -0.1) is 0 Å². The molecule has 3 rings (SSSR count). The molecule has 3 heteroatoms. The van der Waals surface area contributed by atoms with Crippen molar-refractivity contribution in [3.8, 4) is 5.75 Å². The van der Waals surface area contributed by atoms with Crippen LogP contribution < -0.4 is 10.1 Å². The zero-order valence-electron chi connectivity index (χ0n) is 9.53. The SMILES string of the molecule is CC(NC1COC1)c1ccc2c(c1)CCO2. The molecular weight excluding hydrogens is 202 g/mol. The molecule has 2 heterocycles. The van der Waals surface area contributed by atoms with Gasteiger partial charge in [-0.2, -0.15) is 0 Å². The van der Waals surface area contributed by atoms with Crippen LogP contribution in [0.5, 0.6) is 5.75 Å². The number of rotatable bonds is 3. The first-order valence-electron chi connectivity index (χ1n) is 5.92. The molecule has 0 saturated carbocycles. The Labute approximate surface area is 95.8 Å². The molecule has 2 aliphatic heterocycles. The number of benzene rings is 1. The Bertz CT molecular complexity index is 388. The Kier molecular flexibility index (Phi) is 2.58. The highest BCUT2D eigenvalue weighted by Gasteiger charge is 2.21. The van der Waals surface area contributed by atoms with Crippen molar-refractivity contribution in [1.29, 1.82) is 0 Å². The Balaban J connectivity index is 1.72. The summed E-state index contributed by atoms with van der Waals surface area (Å²) in [7, 11) is 0. The molecule has 3 nitrogen and oxygen atoms in total. The van der Waals surface area contributed by atoms with Gasteiger partial charge in [0.2, 0.25) is 0 Å². The second-order valence-electron chi connectivity index (χ2n) is 4.59. The molecule has 0 spiro atoms. The van der Waals surface area contributed by atoms with Crippen LogP contribution in [-0.2, 0) is 11.2 Å². The minimum Gasteiger partial charge on any atom is -0.493 e. The highest BCUT2D eigenvalue weighted by atomic mass is 16.5. The van der Waals surface area contributed by atoms with Gasteiger partial charge in [-0.25, -0.2) is 0 Å². The minimum absolute atomic E-state index is 0.389. The zero-order chi connectivity index (χ0) is 11.0. The van der Waals surface area contributed by atoms with E-state index in [2.05, 4.69) is 30.4 Å². The van der Waals surface area contributed by atoms with Gasteiger partial charge in [0.25, 0.3) is 0 Å². The van der Waals surface area contributed by atoms with Gasteiger partial charge in [-0.3, -0.25) is 0 Å². The lowest BCUT2D eigenvalue weighted by atomic mass is 10.0. The quantitative estimate of drug-likeness (QED) is 0.839. The Morgan fingerprint density at radius 2 is 2.25 bits per heavy atom. The summed E-state index contributed by atoms with van der Waals surface area (Å²) in [6, 6.07) is 7.42. The molecule has 1 aromatic rings. The van der Waals surface area contributed by atoms with E-state index in [1.54, 1.807) is 0 Å². The summed E-state index contributed by atoms with van der Waals surface area (Å²) in [5.74, 6) is 1.06. The number of ether oxygens (including phenoxy) is 2. The van der Waals surface area contributed by atoms with Crippen molar-refractivity contribution in [2.45, 2.75) is 25.4 Å². The topological polar surface area (TPSA) is 30.5 Å². The fraction of sp³-hybridized carbons (Fsp3) is 0.538. The Morgan fingerprint density at radius 1 is 1.38 bits per heavy atom. The van der Waals surface area contributed by atoms with Gasteiger partial charge in [0.15, 0.2) is 0 Å². The van der Waals surface area contributed by atoms with Gasteiger partial charge in [0.1, 0.15) is 5.75 Å². The van der Waals surface area contributed by atoms with Crippen LogP contribution >= 0.6 is 0 Å². The number of fused-ring (bicyclic) bond motifs is 1. The predicted molar refractivity (Wildman–Crippen MR) is 61.8 cm³/mol. The average molecular weight is 219 g/mol. The van der Waals surface area contributed by atoms with E-state index >= 15 is 0 Å². The Morgan fingerprint density at radius 3 is 3.00 bits per heavy atom. The second kappa shape index (κ2) is 4.07. The molecule has 0 bridgehead atoms. The van der Waals surface area contributed by atoms with E-state index in [1.165, 1.54) is 11.1 Å². The van der Waals surface area contributed by atoms with Crippen LogP contribution in [-0.4, -0.2) is 25.9 Å². The van der Waals surface area contributed by atoms with Crippen molar-refractivity contribution in [1.82, 2.24) is 5.32 Å². The molecule has 1 fully saturated rings. The Hall–Kier alpha value is -1.06. The third kappa shape index (κ3) is 1.81. The summed E-state index contributed by atoms with van der Waals surface area (Å²) >= 11 is 0. The molecular formula is C13H17NO2. The first kappa shape index (κ1) is 10.1. The smallest absolute Gasteiger partial charge is 0.122 e. The molecule has 0 radical (unpaired) electrons. The maximum absolute atomic E-state index is 5.51. The highest BCUT2D eigenvalue weighted by molar-refractivity contribution is 5.40. The van der Waals surface area contributed by atoms with Crippen molar-refractivity contribution < 1.29 is 9.47 Å². The van der Waals surface area contributed by atoms with Crippen LogP contribution in [0.25, 0.3) is 0 Å². The largest absolute Gasteiger partial charge is 0.493 e. The van der Waals surface area contributed by atoms with E-state index < -0.39 is 0 Å². The van der Waals surface area contributed by atoms with E-state index in [9.17, 15) is 0 Å². The summed E-state index contributed by atoms with van der Waals surface area (Å²) in [5, 5.41) is 3.56. The lowest BCUT2D eigenvalue weighted by Crippen LogP contribution is -2.46. The molecule has 16 heavy (non-hydrogen) atoms. The third-order valence-electron chi connectivity index (χ3n) is 3.34. The van der Waals surface area contributed by atoms with Gasteiger partial charge in [-0.05, 0) is 24.1 Å². The first-order chi connectivity index (χ1) is 7.83. The molecule has 0 amide bonds. The summed E-state index contributed by atoms with van der Waals surface area (Å²) in [5.41, 5.74) is 2.69. The molecule has 0 aliphatic carbocycles. The van der Waals surface area contributed by atoms with Crippen molar-refractivity contribution >= 4 is 0 Å². The molecule has 1 aromatic carbocycles. The summed E-state index contributed by atoms with van der Waals surface area (Å²) in [4.78, 5) is 0. The van der Waals surface area contributed by atoms with Crippen LogP contribution in [0.15, 0.2) is 18.2 Å². The minimum atomic E-state index is 0.389. The van der Waals surface area contributed by atoms with Crippen molar-refractivity contribution in [3.05, 3.63) is 29.3 Å². The molecule has 1 N–H and O–H groups in total. The summed E-state index contributed by atoms with van der Waals surface area (Å²) < 4.78 is 10.7. The van der Waals surface area contributed by atoms with Crippen molar-refractivity contribution in [2.24, 2.45) is 0 Å². The number of hydrogen-bond donors (Lipinski definition) is 1. The van der Waals surface area contributed by atoms with Crippen molar-refractivity contribution in [2.75, 3.05) is 19.8 Å². The highest BCUT2D eigenvalue weighted by Crippen LogP contribution is 2.28. The fourth-order valence-electron chi connectivity index (χ4n) is 2.26. The normalized spacial score (nSPS) is 21.1. The summed E-state index contributed by atoms with van der Waals surface area (Å²) in [6.45, 7) is 4.73. The van der Waals surface area contributed by atoms with Gasteiger partial charge < -0.3 is 14.8 Å². The standard InChI is InChI=1S/C13H17NO2/c1-9(14-12-7-15-8-12)10-2-3-13-11(6-10)4-5-16-13/h2-3,6,9,12,14H,4-5,7-8H2,1H3. The van der Waals surface area contributed by atoms with E-state index in [1.807, 2.05) is 0 Å². The maximum atomic E-state index is 5.51. The second-order valence-corrected chi connectivity index (χ2v) is 4.59. The predicted octanol–water partition coefficient (Wildman–Crippen LogP) is 1.67. The van der Waals surface area contributed by atoms with E-state index in [-0.39, 0.29) is 0 Å². The van der Waals surface area contributed by atoms with Crippen LogP contribution in [0, 0.1) is 0 Å². The van der Waals surface area contributed by atoms with Crippen LogP contribution in [0.3, 0.4) is 0 Å². The molecule has 1 saturated heterocycles. The maximum Gasteiger partial charge on any atom is 0.122 e. The molecule has 2 aliphatic rings. The zero-order valence-corrected chi connectivity index (χ0v) is 9.53.